The molecule has 0 aliphatic rings. The quantitative estimate of drug-likeness (QED) is 0.360. The van der Waals surface area contributed by atoms with E-state index >= 15 is 0 Å². The summed E-state index contributed by atoms with van der Waals surface area (Å²) in [5.74, 6) is -1.94. The van der Waals surface area contributed by atoms with Crippen molar-refractivity contribution in [1.29, 1.82) is 0 Å². The number of hydrogen-bond acceptors (Lipinski definition) is 7. The number of anilines is 1. The second-order valence-corrected chi connectivity index (χ2v) is 6.12. The summed E-state index contributed by atoms with van der Waals surface area (Å²) in [6.07, 6.45) is -3.38. The van der Waals surface area contributed by atoms with Gasteiger partial charge >= 0.3 is 6.18 Å². The topological polar surface area (TPSA) is 107 Å². The Morgan fingerprint density at radius 3 is 2.81 bits per heavy atom. The summed E-state index contributed by atoms with van der Waals surface area (Å²) >= 11 is 1.38. The highest BCUT2D eigenvalue weighted by atomic mass is 32.1. The Labute approximate surface area is 149 Å². The molecule has 1 atom stereocenters. The molecule has 0 spiro atoms. The predicted octanol–water partition coefficient (Wildman–Crippen LogP) is 1.71. The molecule has 0 fully saturated rings. The number of aromatic nitrogens is 2. The summed E-state index contributed by atoms with van der Waals surface area (Å²) in [6, 6.07) is 4.25. The maximum atomic E-state index is 12.6. The van der Waals surface area contributed by atoms with Crippen molar-refractivity contribution in [1.82, 2.24) is 20.5 Å². The van der Waals surface area contributed by atoms with Gasteiger partial charge in [-0.05, 0) is 23.9 Å². The molecule has 2 heterocycles. The Morgan fingerprint density at radius 2 is 2.19 bits per heavy atom. The average Bonchev–Trinajstić information content (AvgIpc) is 3.11. The largest absolute Gasteiger partial charge is 0.433 e. The van der Waals surface area contributed by atoms with Crippen LogP contribution in [-0.2, 0) is 22.2 Å². The van der Waals surface area contributed by atoms with Crippen LogP contribution in [0, 0.1) is 5.92 Å². The molecular weight excluding hydrogens is 375 g/mol. The van der Waals surface area contributed by atoms with E-state index in [1.165, 1.54) is 11.3 Å². The Morgan fingerprint density at radius 1 is 1.42 bits per heavy atom. The molecule has 2 aromatic rings. The number of halogens is 3. The minimum atomic E-state index is -4.65. The molecule has 0 bridgehead atoms. The van der Waals surface area contributed by atoms with Crippen molar-refractivity contribution in [3.8, 4) is 0 Å². The molecule has 0 aliphatic carbocycles. The number of amides is 2. The Hall–Kier alpha value is -2.73. The molecule has 0 aromatic carbocycles. The third-order valence-electron chi connectivity index (χ3n) is 3.17. The minimum Gasteiger partial charge on any atom is -0.286 e. The number of nitrogens with one attached hydrogen (secondary N) is 2. The lowest BCUT2D eigenvalue weighted by molar-refractivity contribution is -0.154. The maximum absolute atomic E-state index is 12.6. The van der Waals surface area contributed by atoms with Crippen LogP contribution in [0.2, 0.25) is 0 Å². The molecule has 2 amide bonds. The molecular formula is C14H14F3N5O3S. The fourth-order valence-electron chi connectivity index (χ4n) is 1.98. The van der Waals surface area contributed by atoms with Crippen LogP contribution in [0.1, 0.15) is 10.6 Å². The number of carbonyl (C=O) groups is 2. The first-order valence-corrected chi connectivity index (χ1v) is 8.07. The van der Waals surface area contributed by atoms with Crippen LogP contribution >= 0.6 is 11.3 Å². The zero-order valence-corrected chi connectivity index (χ0v) is 13.9. The van der Waals surface area contributed by atoms with Crippen LogP contribution in [0.4, 0.5) is 19.1 Å². The first-order chi connectivity index (χ1) is 12.3. The summed E-state index contributed by atoms with van der Waals surface area (Å²) in [4.78, 5) is 30.5. The summed E-state index contributed by atoms with van der Waals surface area (Å²) in [7, 11) is 0. The second-order valence-electron chi connectivity index (χ2n) is 5.09. The molecule has 2 aromatic heterocycles. The number of thiophene rings is 1. The maximum Gasteiger partial charge on any atom is 0.433 e. The van der Waals surface area contributed by atoms with Gasteiger partial charge in [-0.25, -0.2) is 15.0 Å². The fraction of sp³-hybridized carbons (Fsp3) is 0.286. The molecule has 3 N–H and O–H groups in total. The van der Waals surface area contributed by atoms with Crippen LogP contribution in [0.3, 0.4) is 0 Å². The van der Waals surface area contributed by atoms with E-state index in [4.69, 9.17) is 0 Å². The third kappa shape index (κ3) is 5.67. The van der Waals surface area contributed by atoms with Crippen molar-refractivity contribution in [2.24, 2.45) is 5.92 Å². The van der Waals surface area contributed by atoms with Gasteiger partial charge in [-0.1, -0.05) is 6.07 Å². The van der Waals surface area contributed by atoms with Crippen molar-refractivity contribution >= 4 is 29.6 Å². The molecule has 8 nitrogen and oxygen atoms in total. The Kier molecular flexibility index (Phi) is 6.46. The normalized spacial score (nSPS) is 12.3. The molecule has 2 rings (SSSR count). The SMILES string of the molecule is O=CN(O)C[C@H](Cc1cccs1)C(=O)NNc1nccc(C(F)(F)F)n1. The number of carbonyl (C=O) groups excluding carboxylic acids is 2. The van der Waals surface area contributed by atoms with E-state index in [1.54, 1.807) is 17.5 Å². The molecule has 12 heteroatoms. The van der Waals surface area contributed by atoms with Gasteiger partial charge < -0.3 is 0 Å². The lowest BCUT2D eigenvalue weighted by Crippen LogP contribution is -2.41. The molecule has 0 saturated carbocycles. The lowest BCUT2D eigenvalue weighted by Gasteiger charge is -2.19. The van der Waals surface area contributed by atoms with Gasteiger partial charge in [0.05, 0.1) is 12.5 Å². The minimum absolute atomic E-state index is 0.151. The fourth-order valence-corrected chi connectivity index (χ4v) is 2.76. The van der Waals surface area contributed by atoms with Crippen molar-refractivity contribution in [3.63, 3.8) is 0 Å². The monoisotopic (exact) mass is 389 g/mol. The van der Waals surface area contributed by atoms with E-state index in [-0.39, 0.29) is 19.4 Å². The van der Waals surface area contributed by atoms with Gasteiger partial charge in [0.15, 0.2) is 0 Å². The van der Waals surface area contributed by atoms with E-state index in [9.17, 15) is 28.0 Å². The number of hydrazine groups is 1. The highest BCUT2D eigenvalue weighted by Gasteiger charge is 2.33. The standard InChI is InChI=1S/C14H14F3N5O3S/c15-14(16,17)11-3-4-18-13(19-11)21-20-12(24)9(7-22(25)8-23)6-10-2-1-5-26-10/h1-5,8-9,25H,6-7H2,(H,20,24)(H,18,19,21)/t9-/m0/s1. The first-order valence-electron chi connectivity index (χ1n) is 7.19. The first kappa shape index (κ1) is 19.6. The third-order valence-corrected chi connectivity index (χ3v) is 4.07. The molecule has 0 saturated heterocycles. The molecule has 0 unspecified atom stereocenters. The highest BCUT2D eigenvalue weighted by molar-refractivity contribution is 7.09. The molecule has 26 heavy (non-hydrogen) atoms. The van der Waals surface area contributed by atoms with Gasteiger partial charge in [-0.3, -0.25) is 25.6 Å². The Bertz CT molecular complexity index is 742. The summed E-state index contributed by atoms with van der Waals surface area (Å²) in [5.41, 5.74) is 3.23. The molecule has 0 aliphatic heterocycles. The predicted molar refractivity (Wildman–Crippen MR) is 84.9 cm³/mol. The van der Waals surface area contributed by atoms with Gasteiger partial charge in [0.25, 0.3) is 0 Å². The summed E-state index contributed by atoms with van der Waals surface area (Å²) in [6.45, 7) is -0.293. The van der Waals surface area contributed by atoms with Crippen LogP contribution in [0.5, 0.6) is 0 Å². The van der Waals surface area contributed by atoms with Crippen molar-refractivity contribution in [2.75, 3.05) is 12.0 Å². The lowest BCUT2D eigenvalue weighted by atomic mass is 10.0. The average molecular weight is 389 g/mol. The Balaban J connectivity index is 2.03. The summed E-state index contributed by atoms with van der Waals surface area (Å²) < 4.78 is 37.9. The van der Waals surface area contributed by atoms with Crippen LogP contribution in [0.25, 0.3) is 0 Å². The van der Waals surface area contributed by atoms with Gasteiger partial charge in [0, 0.05) is 11.1 Å². The van der Waals surface area contributed by atoms with Gasteiger partial charge in [-0.2, -0.15) is 13.2 Å². The zero-order chi connectivity index (χ0) is 19.2. The van der Waals surface area contributed by atoms with E-state index < -0.39 is 29.6 Å². The van der Waals surface area contributed by atoms with E-state index in [0.29, 0.717) is 11.1 Å². The van der Waals surface area contributed by atoms with E-state index in [1.807, 2.05) is 0 Å². The number of alkyl halides is 3. The van der Waals surface area contributed by atoms with Crippen molar-refractivity contribution in [3.05, 3.63) is 40.3 Å². The van der Waals surface area contributed by atoms with Crippen LogP contribution in [-0.4, -0.2) is 39.1 Å². The zero-order valence-electron chi connectivity index (χ0n) is 13.1. The number of hydroxylamine groups is 2. The molecule has 140 valence electrons. The highest BCUT2D eigenvalue weighted by Crippen LogP contribution is 2.27. The molecule has 0 radical (unpaired) electrons. The van der Waals surface area contributed by atoms with Crippen LogP contribution < -0.4 is 10.9 Å². The number of rotatable bonds is 8. The van der Waals surface area contributed by atoms with Gasteiger partial charge in [-0.15, -0.1) is 11.3 Å². The van der Waals surface area contributed by atoms with Crippen molar-refractivity contribution < 1.29 is 28.0 Å². The van der Waals surface area contributed by atoms with Gasteiger partial charge in [0.2, 0.25) is 18.3 Å². The smallest absolute Gasteiger partial charge is 0.286 e. The number of nitrogens with zero attached hydrogens (tertiary/aromatic N) is 3. The second kappa shape index (κ2) is 8.58. The number of hydrogen-bond donors (Lipinski definition) is 3. The van der Waals surface area contributed by atoms with E-state index in [2.05, 4.69) is 20.8 Å². The van der Waals surface area contributed by atoms with Crippen molar-refractivity contribution in [2.45, 2.75) is 12.6 Å². The van der Waals surface area contributed by atoms with Gasteiger partial charge in [0.1, 0.15) is 5.69 Å². The van der Waals surface area contributed by atoms with E-state index in [0.717, 1.165) is 11.1 Å². The van der Waals surface area contributed by atoms with Crippen LogP contribution in [0.15, 0.2) is 29.8 Å². The summed E-state index contributed by atoms with van der Waals surface area (Å²) in [5, 5.41) is 11.5.